The van der Waals surface area contributed by atoms with Crippen molar-refractivity contribution in [2.75, 3.05) is 19.7 Å². The Bertz CT molecular complexity index is 903. The van der Waals surface area contributed by atoms with E-state index in [2.05, 4.69) is 30.1 Å². The fourth-order valence-electron chi connectivity index (χ4n) is 6.37. The standard InChI is InChI=1S/C26H38N2O3S/c1-5-19-12-20-22(32-19)6-9-31-26(20)7-8-28(16(2)14-26)15-17-10-18(11-17)27-24(30)21-13-23(29)25(21,3)4/h12,16-18,21H,5-11,13-15H2,1-4H3,(H,27,30)/t16-,17?,18?,21?,26+/m0/s1. The number of nitrogens with zero attached hydrogens (tertiary/aromatic N) is 1. The molecule has 0 bridgehead atoms. The summed E-state index contributed by atoms with van der Waals surface area (Å²) in [5, 5.41) is 3.21. The van der Waals surface area contributed by atoms with Gasteiger partial charge in [-0.05, 0) is 56.6 Å². The van der Waals surface area contributed by atoms with E-state index in [0.717, 1.165) is 58.2 Å². The number of ketones is 1. The average molecular weight is 459 g/mol. The van der Waals surface area contributed by atoms with Gasteiger partial charge in [-0.2, -0.15) is 0 Å². The van der Waals surface area contributed by atoms with Crippen molar-refractivity contribution in [2.45, 2.75) is 90.3 Å². The summed E-state index contributed by atoms with van der Waals surface area (Å²) in [6.45, 7) is 11.5. The van der Waals surface area contributed by atoms with Crippen LogP contribution in [0.5, 0.6) is 0 Å². The van der Waals surface area contributed by atoms with Crippen molar-refractivity contribution >= 4 is 23.0 Å². The zero-order valence-electron chi connectivity index (χ0n) is 20.0. The Labute approximate surface area is 196 Å². The number of rotatable bonds is 5. The smallest absolute Gasteiger partial charge is 0.224 e. The van der Waals surface area contributed by atoms with Gasteiger partial charge >= 0.3 is 0 Å². The predicted octanol–water partition coefficient (Wildman–Crippen LogP) is 4.07. The normalized spacial score (nSPS) is 36.3. The summed E-state index contributed by atoms with van der Waals surface area (Å²) in [6.07, 6.45) is 6.89. The van der Waals surface area contributed by atoms with E-state index in [1.54, 1.807) is 4.88 Å². The molecule has 1 N–H and O–H groups in total. The molecule has 176 valence electrons. The number of hydrogen-bond donors (Lipinski definition) is 1. The van der Waals surface area contributed by atoms with Crippen molar-refractivity contribution in [1.82, 2.24) is 10.2 Å². The van der Waals surface area contributed by atoms with Gasteiger partial charge in [0.15, 0.2) is 0 Å². The number of piperidine rings is 1. The van der Waals surface area contributed by atoms with Gasteiger partial charge in [-0.25, -0.2) is 0 Å². The van der Waals surface area contributed by atoms with Crippen molar-refractivity contribution in [2.24, 2.45) is 17.3 Å². The van der Waals surface area contributed by atoms with Gasteiger partial charge in [-0.1, -0.05) is 20.8 Å². The largest absolute Gasteiger partial charge is 0.370 e. The van der Waals surface area contributed by atoms with Crippen LogP contribution in [0.4, 0.5) is 0 Å². The second kappa shape index (κ2) is 8.21. The molecule has 1 unspecified atom stereocenters. The fraction of sp³-hybridized carbons (Fsp3) is 0.769. The third-order valence-corrected chi connectivity index (χ3v) is 10.2. The molecule has 1 saturated heterocycles. The molecule has 3 fully saturated rings. The molecule has 2 saturated carbocycles. The maximum absolute atomic E-state index is 12.5. The molecule has 5 rings (SSSR count). The number of carbonyl (C=O) groups excluding carboxylic acids is 2. The van der Waals surface area contributed by atoms with Gasteiger partial charge in [0.1, 0.15) is 5.78 Å². The van der Waals surface area contributed by atoms with E-state index in [9.17, 15) is 9.59 Å². The summed E-state index contributed by atoms with van der Waals surface area (Å²) >= 11 is 1.99. The lowest BCUT2D eigenvalue weighted by molar-refractivity contribution is -0.153. The van der Waals surface area contributed by atoms with E-state index in [-0.39, 0.29) is 29.3 Å². The Morgan fingerprint density at radius 1 is 1.34 bits per heavy atom. The van der Waals surface area contributed by atoms with Crippen molar-refractivity contribution in [3.05, 3.63) is 21.4 Å². The number of likely N-dealkylation sites (tertiary alicyclic amines) is 1. The zero-order chi connectivity index (χ0) is 22.7. The van der Waals surface area contributed by atoms with Gasteiger partial charge in [0.2, 0.25) is 5.91 Å². The van der Waals surface area contributed by atoms with Crippen LogP contribution < -0.4 is 5.32 Å². The Hall–Kier alpha value is -1.24. The van der Waals surface area contributed by atoms with Crippen molar-refractivity contribution < 1.29 is 14.3 Å². The second-order valence-corrected chi connectivity index (χ2v) is 12.5. The van der Waals surface area contributed by atoms with Gasteiger partial charge < -0.3 is 15.0 Å². The van der Waals surface area contributed by atoms with Gasteiger partial charge in [0.05, 0.1) is 18.1 Å². The molecule has 1 aromatic heterocycles. The Morgan fingerprint density at radius 3 is 2.78 bits per heavy atom. The molecule has 2 aliphatic carbocycles. The van der Waals surface area contributed by atoms with Crippen molar-refractivity contribution in [1.29, 1.82) is 0 Å². The molecule has 5 nitrogen and oxygen atoms in total. The molecular formula is C26H38N2O3S. The number of Topliss-reactive ketones (excluding diaryl/α,β-unsaturated/α-hetero) is 1. The van der Waals surface area contributed by atoms with Crippen LogP contribution in [0.25, 0.3) is 0 Å². The summed E-state index contributed by atoms with van der Waals surface area (Å²) < 4.78 is 6.49. The molecule has 3 heterocycles. The summed E-state index contributed by atoms with van der Waals surface area (Å²) in [7, 11) is 0. The summed E-state index contributed by atoms with van der Waals surface area (Å²) in [4.78, 5) is 30.0. The van der Waals surface area contributed by atoms with Crippen LogP contribution in [0, 0.1) is 17.3 Å². The summed E-state index contributed by atoms with van der Waals surface area (Å²) in [5.41, 5.74) is 0.936. The predicted molar refractivity (Wildman–Crippen MR) is 127 cm³/mol. The molecule has 6 heteroatoms. The van der Waals surface area contributed by atoms with Crippen LogP contribution in [0.2, 0.25) is 0 Å². The minimum atomic E-state index is -0.478. The molecule has 4 aliphatic rings. The van der Waals surface area contributed by atoms with E-state index in [0.29, 0.717) is 18.4 Å². The molecule has 32 heavy (non-hydrogen) atoms. The van der Waals surface area contributed by atoms with E-state index >= 15 is 0 Å². The molecule has 1 aromatic rings. The minimum Gasteiger partial charge on any atom is -0.370 e. The fourth-order valence-corrected chi connectivity index (χ4v) is 7.55. The van der Waals surface area contributed by atoms with E-state index in [1.165, 1.54) is 10.4 Å². The van der Waals surface area contributed by atoms with E-state index < -0.39 is 5.41 Å². The third kappa shape index (κ3) is 3.76. The monoisotopic (exact) mass is 458 g/mol. The van der Waals surface area contributed by atoms with E-state index in [4.69, 9.17) is 4.74 Å². The van der Waals surface area contributed by atoms with Crippen LogP contribution in [-0.4, -0.2) is 48.4 Å². The van der Waals surface area contributed by atoms with Gasteiger partial charge in [0.25, 0.3) is 0 Å². The molecule has 3 atom stereocenters. The minimum absolute atomic E-state index is 0.0729. The van der Waals surface area contributed by atoms with Crippen LogP contribution >= 0.6 is 11.3 Å². The number of fused-ring (bicyclic) bond motifs is 2. The van der Waals surface area contributed by atoms with Crippen molar-refractivity contribution in [3.63, 3.8) is 0 Å². The number of carbonyl (C=O) groups is 2. The molecule has 1 amide bonds. The number of ether oxygens (including phenoxy) is 1. The Morgan fingerprint density at radius 2 is 2.12 bits per heavy atom. The van der Waals surface area contributed by atoms with Crippen molar-refractivity contribution in [3.8, 4) is 0 Å². The first kappa shape index (κ1) is 22.5. The van der Waals surface area contributed by atoms with E-state index in [1.807, 2.05) is 25.2 Å². The molecular weight excluding hydrogens is 420 g/mol. The highest BCUT2D eigenvalue weighted by Gasteiger charge is 2.52. The highest BCUT2D eigenvalue weighted by molar-refractivity contribution is 7.12. The topological polar surface area (TPSA) is 58.6 Å². The molecule has 0 aromatic carbocycles. The lowest BCUT2D eigenvalue weighted by Gasteiger charge is -2.49. The summed E-state index contributed by atoms with van der Waals surface area (Å²) in [5.74, 6) is 0.809. The quantitative estimate of drug-likeness (QED) is 0.723. The molecule has 0 radical (unpaired) electrons. The SMILES string of the molecule is CCc1cc2c(s1)CCO[C@@]21CCN(CC2CC(NC(=O)C3CC(=O)C3(C)C)C2)[C@@H](C)C1. The maximum atomic E-state index is 12.5. The number of nitrogens with one attached hydrogen (secondary N) is 1. The lowest BCUT2D eigenvalue weighted by Crippen LogP contribution is -2.57. The first-order valence-electron chi connectivity index (χ1n) is 12.6. The molecule has 2 aliphatic heterocycles. The first-order chi connectivity index (χ1) is 15.2. The lowest BCUT2D eigenvalue weighted by atomic mass is 9.61. The Balaban J connectivity index is 1.12. The van der Waals surface area contributed by atoms with Crippen LogP contribution in [-0.2, 0) is 32.8 Å². The van der Waals surface area contributed by atoms with Gasteiger partial charge in [-0.3, -0.25) is 9.59 Å². The van der Waals surface area contributed by atoms with Crippen LogP contribution in [0.15, 0.2) is 6.07 Å². The van der Waals surface area contributed by atoms with Gasteiger partial charge in [0, 0.05) is 53.2 Å². The number of amides is 1. The van der Waals surface area contributed by atoms with Crippen LogP contribution in [0.3, 0.4) is 0 Å². The Kier molecular flexibility index (Phi) is 5.78. The first-order valence-corrected chi connectivity index (χ1v) is 13.4. The number of hydrogen-bond acceptors (Lipinski definition) is 5. The zero-order valence-corrected chi connectivity index (χ0v) is 20.9. The van der Waals surface area contributed by atoms with Gasteiger partial charge in [-0.15, -0.1) is 11.3 Å². The second-order valence-electron chi connectivity index (χ2n) is 11.2. The number of aryl methyl sites for hydroxylation is 1. The van der Waals surface area contributed by atoms with Crippen LogP contribution in [0.1, 0.15) is 75.1 Å². The average Bonchev–Trinajstić information content (AvgIpc) is 3.17. The highest BCUT2D eigenvalue weighted by atomic mass is 32.1. The number of thiophene rings is 1. The highest BCUT2D eigenvalue weighted by Crippen LogP contribution is 2.47. The third-order valence-electron chi connectivity index (χ3n) is 8.83. The summed E-state index contributed by atoms with van der Waals surface area (Å²) in [6, 6.07) is 3.22. The molecule has 1 spiro atoms. The maximum Gasteiger partial charge on any atom is 0.224 e.